The molecule has 6 nitrogen and oxygen atoms in total. The Kier molecular flexibility index (Phi) is 5.65. The standard InChI is InChI=1S/C16H15N3O3S/c1-22-16(21)19-18-15(23)17-14(20)13-9-7-12(8-10-13)11-5-3-2-4-6-11/h2-10H,1H3,(H,19,21)(H2,17,18,20,23). The molecule has 0 aliphatic rings. The molecule has 0 bridgehead atoms. The number of hydrazine groups is 1. The van der Waals surface area contributed by atoms with Crippen LogP contribution in [0, 0.1) is 0 Å². The second kappa shape index (κ2) is 7.90. The van der Waals surface area contributed by atoms with Crippen molar-refractivity contribution in [2.24, 2.45) is 0 Å². The van der Waals surface area contributed by atoms with E-state index in [-0.39, 0.29) is 11.0 Å². The highest BCUT2D eigenvalue weighted by Gasteiger charge is 2.08. The highest BCUT2D eigenvalue weighted by Crippen LogP contribution is 2.19. The van der Waals surface area contributed by atoms with Crippen LogP contribution >= 0.6 is 12.2 Å². The summed E-state index contributed by atoms with van der Waals surface area (Å²) < 4.78 is 4.36. The van der Waals surface area contributed by atoms with Gasteiger partial charge in [0.25, 0.3) is 5.91 Å². The van der Waals surface area contributed by atoms with Crippen molar-refractivity contribution in [3.8, 4) is 11.1 Å². The second-order valence-corrected chi connectivity index (χ2v) is 4.88. The minimum absolute atomic E-state index is 0.0347. The Morgan fingerprint density at radius 2 is 1.52 bits per heavy atom. The summed E-state index contributed by atoms with van der Waals surface area (Å²) in [5.74, 6) is -0.381. The fourth-order valence-corrected chi connectivity index (χ4v) is 1.95. The molecule has 118 valence electrons. The van der Waals surface area contributed by atoms with E-state index in [0.717, 1.165) is 11.1 Å². The van der Waals surface area contributed by atoms with E-state index in [1.54, 1.807) is 12.1 Å². The Hall–Kier alpha value is -2.93. The van der Waals surface area contributed by atoms with E-state index in [0.29, 0.717) is 5.56 Å². The number of hydrogen-bond donors (Lipinski definition) is 3. The Balaban J connectivity index is 1.95. The normalized spacial score (nSPS) is 9.61. The number of ether oxygens (including phenoxy) is 1. The SMILES string of the molecule is COC(=O)NNC(=S)NC(=O)c1ccc(-c2ccccc2)cc1. The molecule has 0 saturated carbocycles. The summed E-state index contributed by atoms with van der Waals surface area (Å²) >= 11 is 4.89. The van der Waals surface area contributed by atoms with Gasteiger partial charge in [-0.25, -0.2) is 10.2 Å². The van der Waals surface area contributed by atoms with E-state index < -0.39 is 6.09 Å². The van der Waals surface area contributed by atoms with Gasteiger partial charge in [0.15, 0.2) is 5.11 Å². The number of carbonyl (C=O) groups excluding carboxylic acids is 2. The molecule has 23 heavy (non-hydrogen) atoms. The van der Waals surface area contributed by atoms with Crippen LogP contribution in [0.3, 0.4) is 0 Å². The maximum Gasteiger partial charge on any atom is 0.425 e. The maximum atomic E-state index is 12.0. The lowest BCUT2D eigenvalue weighted by molar-refractivity contribution is 0.0975. The van der Waals surface area contributed by atoms with Crippen LogP contribution in [-0.4, -0.2) is 24.2 Å². The minimum Gasteiger partial charge on any atom is -0.452 e. The average Bonchev–Trinajstić information content (AvgIpc) is 2.60. The number of nitrogens with one attached hydrogen (secondary N) is 3. The van der Waals surface area contributed by atoms with Gasteiger partial charge in [0.2, 0.25) is 0 Å². The van der Waals surface area contributed by atoms with Gasteiger partial charge in [-0.05, 0) is 35.5 Å². The zero-order valence-corrected chi connectivity index (χ0v) is 13.1. The zero-order valence-electron chi connectivity index (χ0n) is 12.3. The van der Waals surface area contributed by atoms with Gasteiger partial charge in [-0.15, -0.1) is 0 Å². The van der Waals surface area contributed by atoms with E-state index in [1.807, 2.05) is 42.5 Å². The van der Waals surface area contributed by atoms with Crippen LogP contribution in [0.25, 0.3) is 11.1 Å². The zero-order chi connectivity index (χ0) is 16.7. The van der Waals surface area contributed by atoms with E-state index in [4.69, 9.17) is 12.2 Å². The van der Waals surface area contributed by atoms with Crippen molar-refractivity contribution in [3.63, 3.8) is 0 Å². The van der Waals surface area contributed by atoms with Gasteiger partial charge in [0.1, 0.15) is 0 Å². The minimum atomic E-state index is -0.714. The lowest BCUT2D eigenvalue weighted by Crippen LogP contribution is -2.48. The van der Waals surface area contributed by atoms with Gasteiger partial charge in [0.05, 0.1) is 7.11 Å². The van der Waals surface area contributed by atoms with Gasteiger partial charge >= 0.3 is 6.09 Å². The second-order valence-electron chi connectivity index (χ2n) is 4.47. The lowest BCUT2D eigenvalue weighted by Gasteiger charge is -2.10. The largest absolute Gasteiger partial charge is 0.452 e. The number of rotatable bonds is 2. The Morgan fingerprint density at radius 1 is 0.913 bits per heavy atom. The smallest absolute Gasteiger partial charge is 0.425 e. The molecule has 0 aliphatic heterocycles. The van der Waals surface area contributed by atoms with Gasteiger partial charge < -0.3 is 4.74 Å². The maximum absolute atomic E-state index is 12.0. The van der Waals surface area contributed by atoms with E-state index in [2.05, 4.69) is 20.9 Å². The summed E-state index contributed by atoms with van der Waals surface area (Å²) in [7, 11) is 1.22. The molecule has 0 fully saturated rings. The van der Waals surface area contributed by atoms with E-state index in [9.17, 15) is 9.59 Å². The Bertz CT molecular complexity index is 702. The molecule has 0 unspecified atom stereocenters. The summed E-state index contributed by atoms with van der Waals surface area (Å²) in [5.41, 5.74) is 7.03. The molecule has 2 amide bonds. The first-order valence-electron chi connectivity index (χ1n) is 6.71. The molecule has 0 aromatic heterocycles. The first-order chi connectivity index (χ1) is 11.1. The third-order valence-corrected chi connectivity index (χ3v) is 3.15. The first kappa shape index (κ1) is 16.4. The van der Waals surface area contributed by atoms with Crippen molar-refractivity contribution >= 4 is 29.3 Å². The number of amides is 2. The average molecular weight is 329 g/mol. The summed E-state index contributed by atoms with van der Waals surface area (Å²) in [6.07, 6.45) is -0.714. The molecule has 0 atom stereocenters. The van der Waals surface area contributed by atoms with Crippen LogP contribution in [0.2, 0.25) is 0 Å². The summed E-state index contributed by atoms with van der Waals surface area (Å²) in [4.78, 5) is 22.9. The monoisotopic (exact) mass is 329 g/mol. The Labute approximate surface area is 138 Å². The number of methoxy groups -OCH3 is 1. The Morgan fingerprint density at radius 3 is 2.13 bits per heavy atom. The van der Waals surface area contributed by atoms with Crippen LogP contribution in [0.5, 0.6) is 0 Å². The molecule has 2 aromatic rings. The van der Waals surface area contributed by atoms with Crippen LogP contribution in [-0.2, 0) is 4.74 Å². The lowest BCUT2D eigenvalue weighted by atomic mass is 10.0. The number of thiocarbonyl (C=S) groups is 1. The topological polar surface area (TPSA) is 79.5 Å². The summed E-state index contributed by atoms with van der Waals surface area (Å²) in [6.45, 7) is 0. The van der Waals surface area contributed by atoms with Gasteiger partial charge in [-0.2, -0.15) is 0 Å². The molecule has 0 radical (unpaired) electrons. The molecular formula is C16H15N3O3S. The summed E-state index contributed by atoms with van der Waals surface area (Å²) in [5, 5.41) is 2.41. The van der Waals surface area contributed by atoms with Gasteiger partial charge in [-0.1, -0.05) is 42.5 Å². The third kappa shape index (κ3) is 4.79. The molecular weight excluding hydrogens is 314 g/mol. The highest BCUT2D eigenvalue weighted by molar-refractivity contribution is 7.80. The number of carbonyl (C=O) groups is 2. The van der Waals surface area contributed by atoms with Crippen LogP contribution in [0.4, 0.5) is 4.79 Å². The van der Waals surface area contributed by atoms with E-state index >= 15 is 0 Å². The number of benzene rings is 2. The predicted octanol–water partition coefficient (Wildman–Crippen LogP) is 2.23. The van der Waals surface area contributed by atoms with E-state index in [1.165, 1.54) is 7.11 Å². The molecule has 0 aliphatic carbocycles. The van der Waals surface area contributed by atoms with Crippen molar-refractivity contribution in [1.29, 1.82) is 0 Å². The molecule has 2 aromatic carbocycles. The quantitative estimate of drug-likeness (QED) is 0.582. The molecule has 3 N–H and O–H groups in total. The van der Waals surface area contributed by atoms with Gasteiger partial charge in [-0.3, -0.25) is 15.5 Å². The van der Waals surface area contributed by atoms with Crippen molar-refractivity contribution < 1.29 is 14.3 Å². The van der Waals surface area contributed by atoms with Crippen molar-refractivity contribution in [2.45, 2.75) is 0 Å². The molecule has 0 spiro atoms. The highest BCUT2D eigenvalue weighted by atomic mass is 32.1. The molecule has 7 heteroatoms. The first-order valence-corrected chi connectivity index (χ1v) is 7.12. The van der Waals surface area contributed by atoms with Crippen LogP contribution in [0.15, 0.2) is 54.6 Å². The van der Waals surface area contributed by atoms with Crippen LogP contribution in [0.1, 0.15) is 10.4 Å². The molecule has 0 saturated heterocycles. The van der Waals surface area contributed by atoms with Gasteiger partial charge in [0, 0.05) is 5.56 Å². The fraction of sp³-hybridized carbons (Fsp3) is 0.0625. The summed E-state index contributed by atoms with van der Waals surface area (Å²) in [6, 6.07) is 17.0. The number of hydrogen-bond acceptors (Lipinski definition) is 4. The van der Waals surface area contributed by atoms with Crippen LogP contribution < -0.4 is 16.2 Å². The fourth-order valence-electron chi connectivity index (χ4n) is 1.81. The predicted molar refractivity (Wildman–Crippen MR) is 90.6 cm³/mol. The third-order valence-electron chi connectivity index (χ3n) is 2.94. The van der Waals surface area contributed by atoms with Crippen molar-refractivity contribution in [3.05, 3.63) is 60.2 Å². The van der Waals surface area contributed by atoms with Crippen molar-refractivity contribution in [1.82, 2.24) is 16.2 Å². The van der Waals surface area contributed by atoms with Crippen molar-refractivity contribution in [2.75, 3.05) is 7.11 Å². The molecule has 0 heterocycles. The molecule has 2 rings (SSSR count).